The van der Waals surface area contributed by atoms with Crippen molar-refractivity contribution in [3.8, 4) is 0 Å². The first-order chi connectivity index (χ1) is 8.20. The predicted octanol–water partition coefficient (Wildman–Crippen LogP) is 5.04. The van der Waals surface area contributed by atoms with Gasteiger partial charge in [0.2, 0.25) is 0 Å². The van der Waals surface area contributed by atoms with E-state index >= 15 is 0 Å². The minimum absolute atomic E-state index is 0.311. The van der Waals surface area contributed by atoms with E-state index in [0.717, 1.165) is 16.6 Å². The highest BCUT2D eigenvalue weighted by atomic mass is 79.9. The fraction of sp³-hybridized carbons (Fsp3) is 0.333. The Morgan fingerprint density at radius 3 is 3.06 bits per heavy atom. The molecule has 0 amide bonds. The van der Waals surface area contributed by atoms with E-state index in [1.165, 1.54) is 15.8 Å². The zero-order valence-electron chi connectivity index (χ0n) is 9.87. The van der Waals surface area contributed by atoms with E-state index in [1.54, 1.807) is 0 Å². The number of thioether (sulfide) groups is 1. The van der Waals surface area contributed by atoms with Gasteiger partial charge in [-0.3, -0.25) is 0 Å². The highest BCUT2D eigenvalue weighted by Gasteiger charge is 2.07. The number of rotatable bonds is 5. The zero-order valence-corrected chi connectivity index (χ0v) is 13.2. The lowest BCUT2D eigenvalue weighted by Crippen LogP contribution is -1.84. The van der Waals surface area contributed by atoms with Crippen LogP contribution in [-0.2, 0) is 4.52 Å². The third-order valence-corrected chi connectivity index (χ3v) is 6.17. The smallest absolute Gasteiger partial charge is 0.0480 e. The van der Waals surface area contributed by atoms with Crippen LogP contribution in [0.2, 0.25) is 0 Å². The predicted molar refractivity (Wildman–Crippen MR) is 81.2 cm³/mol. The van der Waals surface area contributed by atoms with Crippen molar-refractivity contribution in [2.45, 2.75) is 11.8 Å². The molecule has 0 bridgehead atoms. The van der Waals surface area contributed by atoms with Gasteiger partial charge in [0, 0.05) is 46.7 Å². The van der Waals surface area contributed by atoms with Gasteiger partial charge in [-0.05, 0) is 31.8 Å². The van der Waals surface area contributed by atoms with Gasteiger partial charge in [-0.1, -0.05) is 15.9 Å². The Kier molecular flexibility index (Phi) is 4.92. The summed E-state index contributed by atoms with van der Waals surface area (Å²) >= 11 is 5.38. The van der Waals surface area contributed by atoms with Crippen molar-refractivity contribution in [1.29, 1.82) is 0 Å². The number of benzene rings is 1. The van der Waals surface area contributed by atoms with Crippen LogP contribution in [0.5, 0.6) is 0 Å². The maximum absolute atomic E-state index is 5.60. The molecule has 5 heteroatoms. The van der Waals surface area contributed by atoms with E-state index in [4.69, 9.17) is 4.52 Å². The highest BCUT2D eigenvalue weighted by molar-refractivity contribution is 9.10. The van der Waals surface area contributed by atoms with E-state index in [0.29, 0.717) is 0 Å². The van der Waals surface area contributed by atoms with Crippen LogP contribution in [0.3, 0.4) is 0 Å². The van der Waals surface area contributed by atoms with Crippen molar-refractivity contribution < 1.29 is 4.52 Å². The molecule has 1 N–H and O–H groups in total. The SMILES string of the molecule is CCOP(C)CSc1c[nH]c2ccc(Br)cc12. The summed E-state index contributed by atoms with van der Waals surface area (Å²) in [6, 6.07) is 6.31. The summed E-state index contributed by atoms with van der Waals surface area (Å²) in [6.07, 6.45) is 2.08. The van der Waals surface area contributed by atoms with E-state index in [2.05, 4.69) is 52.0 Å². The van der Waals surface area contributed by atoms with Crippen LogP contribution in [0.25, 0.3) is 10.9 Å². The molecule has 0 aliphatic rings. The molecular formula is C12H15BrNOPS. The molecule has 0 aliphatic carbocycles. The third-order valence-electron chi connectivity index (χ3n) is 2.36. The van der Waals surface area contributed by atoms with Gasteiger partial charge in [-0.25, -0.2) is 0 Å². The Morgan fingerprint density at radius 1 is 1.47 bits per heavy atom. The molecule has 2 aromatic rings. The van der Waals surface area contributed by atoms with Gasteiger partial charge in [0.15, 0.2) is 0 Å². The first kappa shape index (κ1) is 13.4. The van der Waals surface area contributed by atoms with Crippen LogP contribution in [0.4, 0.5) is 0 Å². The zero-order chi connectivity index (χ0) is 12.3. The van der Waals surface area contributed by atoms with Gasteiger partial charge >= 0.3 is 0 Å². The van der Waals surface area contributed by atoms with E-state index in [-0.39, 0.29) is 8.15 Å². The Balaban J connectivity index is 2.10. The fourth-order valence-corrected chi connectivity index (χ4v) is 4.45. The Bertz CT molecular complexity index is 502. The van der Waals surface area contributed by atoms with Crippen molar-refractivity contribution in [1.82, 2.24) is 4.98 Å². The quantitative estimate of drug-likeness (QED) is 0.613. The number of halogens is 1. The number of aromatic amines is 1. The minimum Gasteiger partial charge on any atom is -0.360 e. The number of fused-ring (bicyclic) bond motifs is 1. The number of aromatic nitrogens is 1. The van der Waals surface area contributed by atoms with Crippen LogP contribution in [0, 0.1) is 0 Å². The summed E-state index contributed by atoms with van der Waals surface area (Å²) in [4.78, 5) is 4.60. The van der Waals surface area contributed by atoms with Crippen LogP contribution < -0.4 is 0 Å². The number of H-pyrrole nitrogens is 1. The molecule has 0 saturated heterocycles. The minimum atomic E-state index is -0.311. The van der Waals surface area contributed by atoms with Crippen molar-refractivity contribution in [2.75, 3.05) is 18.8 Å². The molecule has 1 unspecified atom stereocenters. The van der Waals surface area contributed by atoms with Crippen molar-refractivity contribution in [3.05, 3.63) is 28.9 Å². The van der Waals surface area contributed by atoms with Gasteiger partial charge in [-0.15, -0.1) is 11.8 Å². The monoisotopic (exact) mass is 331 g/mol. The molecule has 92 valence electrons. The molecule has 1 aromatic heterocycles. The Hall–Kier alpha value is -0.0200. The highest BCUT2D eigenvalue weighted by Crippen LogP contribution is 2.41. The Labute approximate surface area is 115 Å². The topological polar surface area (TPSA) is 25.0 Å². The number of hydrogen-bond donors (Lipinski definition) is 1. The maximum atomic E-state index is 5.60. The molecule has 0 radical (unpaired) electrons. The lowest BCUT2D eigenvalue weighted by atomic mass is 10.2. The largest absolute Gasteiger partial charge is 0.360 e. The summed E-state index contributed by atoms with van der Waals surface area (Å²) in [5, 5.41) is 1.28. The van der Waals surface area contributed by atoms with Gasteiger partial charge in [0.1, 0.15) is 0 Å². The molecular weight excluding hydrogens is 317 g/mol. The maximum Gasteiger partial charge on any atom is 0.0480 e. The van der Waals surface area contributed by atoms with E-state index < -0.39 is 0 Å². The molecule has 1 atom stereocenters. The van der Waals surface area contributed by atoms with Crippen LogP contribution in [0.15, 0.2) is 33.8 Å². The molecule has 2 nitrogen and oxygen atoms in total. The summed E-state index contributed by atoms with van der Waals surface area (Å²) < 4.78 is 6.72. The second-order valence-corrected chi connectivity index (χ2v) is 7.85. The standard InChI is InChI=1S/C12H15BrNOPS/c1-3-15-16(2)8-17-12-7-14-11-5-4-9(13)6-10(11)12/h4-7,14H,3,8H2,1-2H3. The van der Waals surface area contributed by atoms with Crippen LogP contribution in [-0.4, -0.2) is 23.7 Å². The van der Waals surface area contributed by atoms with Crippen LogP contribution in [0.1, 0.15) is 6.92 Å². The first-order valence-corrected chi connectivity index (χ1v) is 9.11. The van der Waals surface area contributed by atoms with E-state index in [9.17, 15) is 0 Å². The molecule has 0 aliphatic heterocycles. The Morgan fingerprint density at radius 2 is 2.29 bits per heavy atom. The summed E-state index contributed by atoms with van der Waals surface area (Å²) in [5.74, 6) is 0. The van der Waals surface area contributed by atoms with Gasteiger partial charge in [-0.2, -0.15) is 0 Å². The second-order valence-electron chi connectivity index (χ2n) is 3.66. The lowest BCUT2D eigenvalue weighted by molar-refractivity contribution is 0.383. The van der Waals surface area contributed by atoms with Gasteiger partial charge in [0.25, 0.3) is 0 Å². The average molecular weight is 332 g/mol. The summed E-state index contributed by atoms with van der Waals surface area (Å²) in [5.41, 5.74) is 2.23. The third kappa shape index (κ3) is 3.47. The number of hydrogen-bond acceptors (Lipinski definition) is 2. The molecule has 1 heterocycles. The van der Waals surface area contributed by atoms with Gasteiger partial charge < -0.3 is 9.51 Å². The van der Waals surface area contributed by atoms with E-state index in [1.807, 2.05) is 18.7 Å². The summed E-state index contributed by atoms with van der Waals surface area (Å²) in [7, 11) is -0.311. The molecule has 17 heavy (non-hydrogen) atoms. The van der Waals surface area contributed by atoms with Crippen molar-refractivity contribution >= 4 is 46.7 Å². The molecule has 2 rings (SSSR count). The first-order valence-electron chi connectivity index (χ1n) is 5.44. The van der Waals surface area contributed by atoms with Crippen molar-refractivity contribution in [2.24, 2.45) is 0 Å². The lowest BCUT2D eigenvalue weighted by Gasteiger charge is -2.10. The molecule has 0 saturated carbocycles. The average Bonchev–Trinajstić information content (AvgIpc) is 2.69. The normalized spacial score (nSPS) is 13.1. The van der Waals surface area contributed by atoms with Crippen LogP contribution >= 0.6 is 35.8 Å². The molecule has 0 spiro atoms. The van der Waals surface area contributed by atoms with Gasteiger partial charge in [0.05, 0.1) is 0 Å². The van der Waals surface area contributed by atoms with Crippen molar-refractivity contribution in [3.63, 3.8) is 0 Å². The molecule has 1 aromatic carbocycles. The summed E-state index contributed by atoms with van der Waals surface area (Å²) in [6.45, 7) is 5.03. The fourth-order valence-electron chi connectivity index (χ4n) is 1.60. The second kappa shape index (κ2) is 6.24. The number of nitrogens with one attached hydrogen (secondary N) is 1. The molecule has 0 fully saturated rings.